The fourth-order valence-electron chi connectivity index (χ4n) is 2.60. The first-order valence-corrected chi connectivity index (χ1v) is 6.25. The summed E-state index contributed by atoms with van der Waals surface area (Å²) in [4.78, 5) is 0. The van der Waals surface area contributed by atoms with Gasteiger partial charge in [0.05, 0.1) is 0 Å². The van der Waals surface area contributed by atoms with E-state index in [1.807, 2.05) is 0 Å². The maximum Gasteiger partial charge on any atom is -0.0321 e. The summed E-state index contributed by atoms with van der Waals surface area (Å²) in [5.41, 5.74) is 1.56. The van der Waals surface area contributed by atoms with Gasteiger partial charge in [0.2, 0.25) is 0 Å². The minimum Gasteiger partial charge on any atom is -0.0887 e. The predicted octanol–water partition coefficient (Wildman–Crippen LogP) is 4.81. The van der Waals surface area contributed by atoms with E-state index in [0.29, 0.717) is 0 Å². The van der Waals surface area contributed by atoms with E-state index in [-0.39, 0.29) is 0 Å². The molecule has 1 rings (SSSR count). The standard InChI is InChI=1S/C14H26/c1-5-11(2)6-8-13(4)14-9-7-12(3)10-14/h5,12-14H,6-10H2,1-4H3/b11-5-. The Hall–Kier alpha value is -0.260. The fourth-order valence-corrected chi connectivity index (χ4v) is 2.60. The summed E-state index contributed by atoms with van der Waals surface area (Å²) in [6.07, 6.45) is 9.39. The van der Waals surface area contributed by atoms with Crippen LogP contribution in [0.3, 0.4) is 0 Å². The van der Waals surface area contributed by atoms with Gasteiger partial charge in [0.15, 0.2) is 0 Å². The number of rotatable bonds is 4. The van der Waals surface area contributed by atoms with Crippen LogP contribution < -0.4 is 0 Å². The first-order valence-electron chi connectivity index (χ1n) is 6.25. The Morgan fingerprint density at radius 2 is 2.14 bits per heavy atom. The molecule has 3 unspecified atom stereocenters. The summed E-state index contributed by atoms with van der Waals surface area (Å²) in [5.74, 6) is 2.95. The SMILES string of the molecule is C/C=C(/C)CCC(C)C1CCC(C)C1. The van der Waals surface area contributed by atoms with Gasteiger partial charge in [-0.1, -0.05) is 31.9 Å². The summed E-state index contributed by atoms with van der Waals surface area (Å²) < 4.78 is 0. The summed E-state index contributed by atoms with van der Waals surface area (Å²) in [5, 5.41) is 0. The quantitative estimate of drug-likeness (QED) is 0.564. The van der Waals surface area contributed by atoms with Crippen LogP contribution in [-0.2, 0) is 0 Å². The topological polar surface area (TPSA) is 0 Å². The molecule has 0 aromatic heterocycles. The van der Waals surface area contributed by atoms with Crippen molar-refractivity contribution in [3.63, 3.8) is 0 Å². The van der Waals surface area contributed by atoms with Gasteiger partial charge in [0, 0.05) is 0 Å². The zero-order chi connectivity index (χ0) is 10.6. The van der Waals surface area contributed by atoms with Crippen molar-refractivity contribution >= 4 is 0 Å². The molecule has 0 heterocycles. The van der Waals surface area contributed by atoms with Crippen LogP contribution in [-0.4, -0.2) is 0 Å². The molecule has 0 aromatic rings. The molecule has 1 fully saturated rings. The average Bonchev–Trinajstić information content (AvgIpc) is 2.60. The van der Waals surface area contributed by atoms with Crippen LogP contribution in [0.25, 0.3) is 0 Å². The molecule has 0 nitrogen and oxygen atoms in total. The lowest BCUT2D eigenvalue weighted by atomic mass is 9.87. The molecule has 0 aliphatic heterocycles. The van der Waals surface area contributed by atoms with Crippen molar-refractivity contribution in [2.75, 3.05) is 0 Å². The van der Waals surface area contributed by atoms with Gasteiger partial charge in [0.1, 0.15) is 0 Å². The zero-order valence-electron chi connectivity index (χ0n) is 10.3. The Bertz CT molecular complexity index is 190. The second-order valence-electron chi connectivity index (χ2n) is 5.33. The van der Waals surface area contributed by atoms with Crippen LogP contribution in [0, 0.1) is 17.8 Å². The van der Waals surface area contributed by atoms with E-state index < -0.39 is 0 Å². The average molecular weight is 194 g/mol. The minimum atomic E-state index is 0.940. The number of allylic oxidation sites excluding steroid dienone is 2. The molecule has 0 N–H and O–H groups in total. The van der Waals surface area contributed by atoms with Gasteiger partial charge < -0.3 is 0 Å². The Balaban J connectivity index is 2.25. The van der Waals surface area contributed by atoms with Crippen molar-refractivity contribution in [3.05, 3.63) is 11.6 Å². The van der Waals surface area contributed by atoms with Crippen LogP contribution >= 0.6 is 0 Å². The maximum atomic E-state index is 2.45. The van der Waals surface area contributed by atoms with Crippen LogP contribution in [0.2, 0.25) is 0 Å². The number of hydrogen-bond acceptors (Lipinski definition) is 0. The molecule has 0 spiro atoms. The van der Waals surface area contributed by atoms with Crippen LogP contribution in [0.5, 0.6) is 0 Å². The Morgan fingerprint density at radius 1 is 1.43 bits per heavy atom. The monoisotopic (exact) mass is 194 g/mol. The van der Waals surface area contributed by atoms with E-state index in [4.69, 9.17) is 0 Å². The van der Waals surface area contributed by atoms with Gasteiger partial charge in [-0.05, 0) is 57.3 Å². The smallest absolute Gasteiger partial charge is 0.0321 e. The van der Waals surface area contributed by atoms with Crippen LogP contribution in [0.15, 0.2) is 11.6 Å². The molecule has 0 bridgehead atoms. The van der Waals surface area contributed by atoms with Gasteiger partial charge in [0.25, 0.3) is 0 Å². The van der Waals surface area contributed by atoms with E-state index >= 15 is 0 Å². The van der Waals surface area contributed by atoms with Gasteiger partial charge in [-0.25, -0.2) is 0 Å². The van der Waals surface area contributed by atoms with E-state index in [9.17, 15) is 0 Å². The third-order valence-corrected chi connectivity index (χ3v) is 4.03. The zero-order valence-corrected chi connectivity index (χ0v) is 10.3. The molecule has 1 aliphatic carbocycles. The molecular formula is C14H26. The van der Waals surface area contributed by atoms with Crippen molar-refractivity contribution in [1.29, 1.82) is 0 Å². The highest BCUT2D eigenvalue weighted by Gasteiger charge is 2.25. The summed E-state index contributed by atoms with van der Waals surface area (Å²) in [7, 11) is 0. The minimum absolute atomic E-state index is 0.940. The molecule has 0 aromatic carbocycles. The number of hydrogen-bond donors (Lipinski definition) is 0. The molecule has 14 heavy (non-hydrogen) atoms. The lowest BCUT2D eigenvalue weighted by Crippen LogP contribution is -2.08. The largest absolute Gasteiger partial charge is 0.0887 e. The van der Waals surface area contributed by atoms with Crippen molar-refractivity contribution in [1.82, 2.24) is 0 Å². The van der Waals surface area contributed by atoms with Crippen molar-refractivity contribution in [2.45, 2.75) is 59.8 Å². The third kappa shape index (κ3) is 3.48. The molecule has 0 radical (unpaired) electrons. The molecule has 3 atom stereocenters. The molecule has 0 heteroatoms. The van der Waals surface area contributed by atoms with Gasteiger partial charge in [-0.3, -0.25) is 0 Å². The van der Waals surface area contributed by atoms with Gasteiger partial charge in [-0.15, -0.1) is 0 Å². The van der Waals surface area contributed by atoms with E-state index in [1.54, 1.807) is 5.57 Å². The van der Waals surface area contributed by atoms with E-state index in [0.717, 1.165) is 17.8 Å². The van der Waals surface area contributed by atoms with Crippen LogP contribution in [0.1, 0.15) is 59.8 Å². The highest BCUT2D eigenvalue weighted by Crippen LogP contribution is 2.37. The Morgan fingerprint density at radius 3 is 2.64 bits per heavy atom. The molecule has 0 saturated heterocycles. The maximum absolute atomic E-state index is 2.45. The Kier molecular flexibility index (Phi) is 4.71. The molecule has 1 aliphatic rings. The van der Waals surface area contributed by atoms with Crippen molar-refractivity contribution in [2.24, 2.45) is 17.8 Å². The van der Waals surface area contributed by atoms with E-state index in [2.05, 4.69) is 33.8 Å². The van der Waals surface area contributed by atoms with Crippen molar-refractivity contribution in [3.8, 4) is 0 Å². The predicted molar refractivity (Wildman–Crippen MR) is 64.3 cm³/mol. The van der Waals surface area contributed by atoms with E-state index in [1.165, 1.54) is 32.1 Å². The highest BCUT2D eigenvalue weighted by molar-refractivity contribution is 4.95. The van der Waals surface area contributed by atoms with Crippen molar-refractivity contribution < 1.29 is 0 Å². The lowest BCUT2D eigenvalue weighted by Gasteiger charge is -2.19. The second kappa shape index (κ2) is 5.58. The fraction of sp³-hybridized carbons (Fsp3) is 0.857. The van der Waals surface area contributed by atoms with Gasteiger partial charge >= 0.3 is 0 Å². The molecule has 82 valence electrons. The summed E-state index contributed by atoms with van der Waals surface area (Å²) in [6.45, 7) is 9.26. The molecular weight excluding hydrogens is 168 g/mol. The Labute approximate surface area is 89.8 Å². The second-order valence-corrected chi connectivity index (χ2v) is 5.33. The van der Waals surface area contributed by atoms with Crippen LogP contribution in [0.4, 0.5) is 0 Å². The highest BCUT2D eigenvalue weighted by atomic mass is 14.3. The third-order valence-electron chi connectivity index (χ3n) is 4.03. The molecule has 0 amide bonds. The van der Waals surface area contributed by atoms with Gasteiger partial charge in [-0.2, -0.15) is 0 Å². The normalized spacial score (nSPS) is 30.7. The first kappa shape index (κ1) is 11.8. The first-order chi connectivity index (χ1) is 6.63. The summed E-state index contributed by atoms with van der Waals surface area (Å²) >= 11 is 0. The molecule has 1 saturated carbocycles. The summed E-state index contributed by atoms with van der Waals surface area (Å²) in [6, 6.07) is 0. The lowest BCUT2D eigenvalue weighted by molar-refractivity contribution is 0.337.